The fourth-order valence-electron chi connectivity index (χ4n) is 4.07. The fourth-order valence-corrected chi connectivity index (χ4v) is 4.20. The van der Waals surface area contributed by atoms with Gasteiger partial charge in [-0.3, -0.25) is 4.90 Å². The van der Waals surface area contributed by atoms with Crippen LogP contribution in [0.3, 0.4) is 0 Å². The third kappa shape index (κ3) is 4.86. The molecule has 1 saturated heterocycles. The van der Waals surface area contributed by atoms with E-state index >= 15 is 0 Å². The van der Waals surface area contributed by atoms with Gasteiger partial charge >= 0.3 is 0 Å². The van der Waals surface area contributed by atoms with Crippen LogP contribution in [-0.2, 0) is 6.42 Å². The Morgan fingerprint density at radius 1 is 1.13 bits per heavy atom. The summed E-state index contributed by atoms with van der Waals surface area (Å²) in [6, 6.07) is 7.82. The van der Waals surface area contributed by atoms with Crippen molar-refractivity contribution in [1.29, 1.82) is 0 Å². The molecule has 1 unspecified atom stereocenters. The Morgan fingerprint density at radius 2 is 1.81 bits per heavy atom. The van der Waals surface area contributed by atoms with Crippen LogP contribution in [0.25, 0.3) is 5.65 Å². The van der Waals surface area contributed by atoms with Gasteiger partial charge in [-0.15, -0.1) is 0 Å². The van der Waals surface area contributed by atoms with Crippen LogP contribution < -0.4 is 4.74 Å². The van der Waals surface area contributed by atoms with Crippen LogP contribution in [0.5, 0.6) is 5.88 Å². The summed E-state index contributed by atoms with van der Waals surface area (Å²) in [6.45, 7) is 9.83. The highest BCUT2D eigenvalue weighted by Crippen LogP contribution is 2.32. The molecular formula is C24H31ClN4O2. The largest absolute Gasteiger partial charge is 0.472 e. The minimum atomic E-state index is -0.714. The van der Waals surface area contributed by atoms with Crippen molar-refractivity contribution in [3.63, 3.8) is 0 Å². The number of benzene rings is 1. The first kappa shape index (κ1) is 22.1. The molecule has 1 N–H and O–H groups in total. The van der Waals surface area contributed by atoms with Crippen molar-refractivity contribution in [3.8, 4) is 5.88 Å². The Balaban J connectivity index is 1.79. The van der Waals surface area contributed by atoms with E-state index in [0.29, 0.717) is 23.0 Å². The minimum Gasteiger partial charge on any atom is -0.472 e. The molecule has 0 aliphatic carbocycles. The van der Waals surface area contributed by atoms with E-state index in [0.717, 1.165) is 48.3 Å². The van der Waals surface area contributed by atoms with Crippen LogP contribution in [0, 0.1) is 6.92 Å². The van der Waals surface area contributed by atoms with Crippen molar-refractivity contribution < 1.29 is 9.84 Å². The lowest BCUT2D eigenvalue weighted by molar-refractivity contribution is -0.00896. The normalized spacial score (nSPS) is 16.6. The summed E-state index contributed by atoms with van der Waals surface area (Å²) in [6.07, 6.45) is 5.09. The number of hydrogen-bond donors (Lipinski definition) is 1. The molecule has 0 saturated carbocycles. The van der Waals surface area contributed by atoms with Crippen molar-refractivity contribution >= 4 is 17.2 Å². The van der Waals surface area contributed by atoms with Crippen molar-refractivity contribution in [2.45, 2.75) is 65.2 Å². The molecule has 0 bridgehead atoms. The third-order valence-corrected chi connectivity index (χ3v) is 5.90. The van der Waals surface area contributed by atoms with Gasteiger partial charge in [-0.05, 0) is 58.2 Å². The van der Waals surface area contributed by atoms with Gasteiger partial charge in [0, 0.05) is 35.8 Å². The van der Waals surface area contributed by atoms with Crippen molar-refractivity contribution in [1.82, 2.24) is 19.5 Å². The smallest absolute Gasteiger partial charge is 0.222 e. The van der Waals surface area contributed by atoms with Crippen molar-refractivity contribution in [3.05, 3.63) is 57.9 Å². The van der Waals surface area contributed by atoms with Gasteiger partial charge in [0.1, 0.15) is 11.8 Å². The highest BCUT2D eigenvalue weighted by Gasteiger charge is 2.27. The number of aliphatic hydroxyl groups is 1. The van der Waals surface area contributed by atoms with Crippen molar-refractivity contribution in [2.24, 2.45) is 0 Å². The van der Waals surface area contributed by atoms with Gasteiger partial charge in [0.05, 0.1) is 11.8 Å². The maximum atomic E-state index is 11.1. The quantitative estimate of drug-likeness (QED) is 0.606. The number of rotatable bonds is 5. The molecule has 0 radical (unpaired) electrons. The van der Waals surface area contributed by atoms with Crippen LogP contribution in [0.15, 0.2) is 30.5 Å². The van der Waals surface area contributed by atoms with E-state index < -0.39 is 11.8 Å². The van der Waals surface area contributed by atoms with Gasteiger partial charge in [-0.25, -0.2) is 4.98 Å². The van der Waals surface area contributed by atoms with Crippen LogP contribution >= 0.6 is 11.6 Å². The third-order valence-electron chi connectivity index (χ3n) is 5.64. The van der Waals surface area contributed by atoms with E-state index in [1.165, 1.54) is 6.42 Å². The Morgan fingerprint density at radius 3 is 2.45 bits per heavy atom. The number of likely N-dealkylation sites (tertiary alicyclic amines) is 1. The Kier molecular flexibility index (Phi) is 6.24. The summed E-state index contributed by atoms with van der Waals surface area (Å²) < 4.78 is 8.14. The molecule has 3 aromatic rings. The molecule has 3 heterocycles. The first-order chi connectivity index (χ1) is 14.7. The van der Waals surface area contributed by atoms with Crippen LogP contribution in [0.4, 0.5) is 0 Å². The molecule has 2 aromatic heterocycles. The second-order valence-electron chi connectivity index (χ2n) is 9.30. The number of ether oxygens (including phenoxy) is 1. The molecule has 166 valence electrons. The zero-order valence-corrected chi connectivity index (χ0v) is 19.5. The molecule has 1 fully saturated rings. The van der Waals surface area contributed by atoms with E-state index in [4.69, 9.17) is 21.3 Å². The lowest BCUT2D eigenvalue weighted by atomic mass is 10.0. The summed E-state index contributed by atoms with van der Waals surface area (Å²) in [5.41, 5.74) is 3.93. The van der Waals surface area contributed by atoms with E-state index in [1.54, 1.807) is 10.7 Å². The predicted octanol–water partition coefficient (Wildman–Crippen LogP) is 4.94. The maximum absolute atomic E-state index is 11.1. The molecule has 1 aromatic carbocycles. The van der Waals surface area contributed by atoms with E-state index in [2.05, 4.69) is 10.00 Å². The molecule has 1 aliphatic heterocycles. The summed E-state index contributed by atoms with van der Waals surface area (Å²) in [4.78, 5) is 6.96. The zero-order valence-electron chi connectivity index (χ0n) is 18.7. The predicted molar refractivity (Wildman–Crippen MR) is 123 cm³/mol. The second kappa shape index (κ2) is 8.77. The molecule has 6 nitrogen and oxygen atoms in total. The first-order valence-electron chi connectivity index (χ1n) is 11.0. The van der Waals surface area contributed by atoms with Gasteiger partial charge in [-0.1, -0.05) is 30.2 Å². The number of aliphatic hydroxyl groups excluding tert-OH is 1. The summed E-state index contributed by atoms with van der Waals surface area (Å²) in [5, 5.41) is 16.4. The Bertz CT molecular complexity index is 1050. The van der Waals surface area contributed by atoms with E-state index in [1.807, 2.05) is 52.0 Å². The molecular weight excluding hydrogens is 412 g/mol. The number of piperidine rings is 1. The minimum absolute atomic E-state index is 0.410. The molecule has 7 heteroatoms. The lowest BCUT2D eigenvalue weighted by Gasteiger charge is -2.30. The number of halogens is 1. The molecule has 4 rings (SSSR count). The monoisotopic (exact) mass is 442 g/mol. The molecule has 1 aliphatic rings. The number of nitrogens with zero attached hydrogens (tertiary/aromatic N) is 4. The molecule has 31 heavy (non-hydrogen) atoms. The highest BCUT2D eigenvalue weighted by molar-refractivity contribution is 6.30. The van der Waals surface area contributed by atoms with Gasteiger partial charge in [0.2, 0.25) is 5.88 Å². The average molecular weight is 443 g/mol. The summed E-state index contributed by atoms with van der Waals surface area (Å²) in [7, 11) is 0. The second-order valence-corrected chi connectivity index (χ2v) is 9.74. The lowest BCUT2D eigenvalue weighted by Crippen LogP contribution is -2.33. The van der Waals surface area contributed by atoms with Gasteiger partial charge in [0.15, 0.2) is 5.65 Å². The van der Waals surface area contributed by atoms with Gasteiger partial charge in [0.25, 0.3) is 0 Å². The SMILES string of the molecule is Cc1nc2c(C(O)N3CCCCC3)cnn2c(OC(C)(C)C)c1Cc1ccc(Cl)cc1. The van der Waals surface area contributed by atoms with Crippen molar-refractivity contribution in [2.75, 3.05) is 13.1 Å². The van der Waals surface area contributed by atoms with Gasteiger partial charge in [-0.2, -0.15) is 9.61 Å². The Labute approximate surface area is 188 Å². The van der Waals surface area contributed by atoms with Crippen LogP contribution in [0.1, 0.15) is 68.6 Å². The maximum Gasteiger partial charge on any atom is 0.222 e. The standard InChI is InChI=1S/C24H31ClN4O2/c1-16-19(14-17-8-10-18(25)11-9-17)23(31-24(2,3)4)29-21(27-16)20(15-26-29)22(30)28-12-6-5-7-13-28/h8-11,15,22,30H,5-7,12-14H2,1-4H3. The highest BCUT2D eigenvalue weighted by atomic mass is 35.5. The molecule has 0 amide bonds. The van der Waals surface area contributed by atoms with E-state index in [-0.39, 0.29) is 0 Å². The Hall–Kier alpha value is -2.15. The van der Waals surface area contributed by atoms with Crippen LogP contribution in [0.2, 0.25) is 5.02 Å². The zero-order chi connectivity index (χ0) is 22.2. The summed E-state index contributed by atoms with van der Waals surface area (Å²) >= 11 is 6.06. The summed E-state index contributed by atoms with van der Waals surface area (Å²) in [5.74, 6) is 0.669. The topological polar surface area (TPSA) is 62.9 Å². The molecule has 1 atom stereocenters. The average Bonchev–Trinajstić information content (AvgIpc) is 3.14. The number of hydrogen-bond acceptors (Lipinski definition) is 5. The number of fused-ring (bicyclic) bond motifs is 1. The fraction of sp³-hybridized carbons (Fsp3) is 0.500. The van der Waals surface area contributed by atoms with Crippen LogP contribution in [-0.4, -0.2) is 43.3 Å². The molecule has 0 spiro atoms. The number of aromatic nitrogens is 3. The first-order valence-corrected chi connectivity index (χ1v) is 11.3. The van der Waals surface area contributed by atoms with E-state index in [9.17, 15) is 5.11 Å². The number of aryl methyl sites for hydroxylation is 1. The van der Waals surface area contributed by atoms with Gasteiger partial charge < -0.3 is 9.84 Å².